The van der Waals surface area contributed by atoms with Crippen LogP contribution in [0.1, 0.15) is 44.6 Å². The van der Waals surface area contributed by atoms with Crippen LogP contribution in [0.25, 0.3) is 0 Å². The summed E-state index contributed by atoms with van der Waals surface area (Å²) >= 11 is 0. The van der Waals surface area contributed by atoms with Crippen LogP contribution in [0.3, 0.4) is 0 Å². The lowest BCUT2D eigenvalue weighted by molar-refractivity contribution is -0.123. The highest BCUT2D eigenvalue weighted by Crippen LogP contribution is 2.24. The Morgan fingerprint density at radius 1 is 1.21 bits per heavy atom. The third-order valence-corrected chi connectivity index (χ3v) is 6.01. The number of nitrogens with zero attached hydrogens (tertiary/aromatic N) is 1. The van der Waals surface area contributed by atoms with Crippen LogP contribution in [-0.2, 0) is 11.3 Å². The first-order valence-corrected chi connectivity index (χ1v) is 10.2. The Morgan fingerprint density at radius 3 is 2.52 bits per heavy atom. The minimum Gasteiger partial charge on any atom is -0.352 e. The quantitative estimate of drug-likeness (QED) is 0.688. The molecule has 2 fully saturated rings. The van der Waals surface area contributed by atoms with Gasteiger partial charge in [-0.15, -0.1) is 24.8 Å². The lowest BCUT2D eigenvalue weighted by Crippen LogP contribution is -2.48. The molecular formula is C21H33Cl2F2N3O. The van der Waals surface area contributed by atoms with Gasteiger partial charge in [-0.05, 0) is 69.3 Å². The molecule has 1 aromatic rings. The van der Waals surface area contributed by atoms with Crippen molar-refractivity contribution in [2.45, 2.75) is 51.6 Å². The van der Waals surface area contributed by atoms with E-state index in [4.69, 9.17) is 0 Å². The highest BCUT2D eigenvalue weighted by Gasteiger charge is 2.26. The smallest absolute Gasteiger partial charge is 0.220 e. The maximum Gasteiger partial charge on any atom is 0.220 e. The van der Waals surface area contributed by atoms with Crippen molar-refractivity contribution in [3.63, 3.8) is 0 Å². The predicted molar refractivity (Wildman–Crippen MR) is 117 cm³/mol. The van der Waals surface area contributed by atoms with Crippen molar-refractivity contribution < 1.29 is 13.6 Å². The third kappa shape index (κ3) is 7.67. The zero-order chi connectivity index (χ0) is 19.2. The Balaban J connectivity index is 0.00000210. The zero-order valence-electron chi connectivity index (χ0n) is 17.0. The van der Waals surface area contributed by atoms with Gasteiger partial charge in [-0.2, -0.15) is 0 Å². The van der Waals surface area contributed by atoms with Gasteiger partial charge in [-0.25, -0.2) is 8.78 Å². The average molecular weight is 452 g/mol. The van der Waals surface area contributed by atoms with Crippen LogP contribution in [0.2, 0.25) is 0 Å². The fourth-order valence-electron chi connectivity index (χ4n) is 4.38. The molecular weight excluding hydrogens is 419 g/mol. The molecule has 2 unspecified atom stereocenters. The molecule has 29 heavy (non-hydrogen) atoms. The van der Waals surface area contributed by atoms with E-state index in [1.54, 1.807) is 0 Å². The summed E-state index contributed by atoms with van der Waals surface area (Å²) in [6, 6.07) is 4.03. The number of hydrogen-bond donors (Lipinski definition) is 2. The summed E-state index contributed by atoms with van der Waals surface area (Å²) in [4.78, 5) is 14.5. The summed E-state index contributed by atoms with van der Waals surface area (Å²) in [7, 11) is 0. The van der Waals surface area contributed by atoms with E-state index >= 15 is 0 Å². The van der Waals surface area contributed by atoms with Gasteiger partial charge in [0, 0.05) is 31.1 Å². The van der Waals surface area contributed by atoms with Crippen molar-refractivity contribution in [1.82, 2.24) is 15.5 Å². The molecule has 4 nitrogen and oxygen atoms in total. The number of carbonyl (C=O) groups excluding carboxylic acids is 1. The first kappa shape index (κ1) is 26.1. The zero-order valence-corrected chi connectivity index (χ0v) is 18.6. The normalized spacial score (nSPS) is 21.6. The fourth-order valence-corrected chi connectivity index (χ4v) is 4.38. The second kappa shape index (κ2) is 12.7. The number of likely N-dealkylation sites (tertiary alicyclic amines) is 1. The first-order valence-electron chi connectivity index (χ1n) is 10.2. The van der Waals surface area contributed by atoms with E-state index in [1.165, 1.54) is 18.2 Å². The molecule has 3 rings (SSSR count). The van der Waals surface area contributed by atoms with Crippen LogP contribution in [-0.4, -0.2) is 43.0 Å². The van der Waals surface area contributed by atoms with Crippen molar-refractivity contribution in [1.29, 1.82) is 0 Å². The van der Waals surface area contributed by atoms with Gasteiger partial charge in [0.05, 0.1) is 0 Å². The van der Waals surface area contributed by atoms with Crippen LogP contribution >= 0.6 is 24.8 Å². The van der Waals surface area contributed by atoms with Gasteiger partial charge in [-0.1, -0.05) is 13.0 Å². The lowest BCUT2D eigenvalue weighted by atomic mass is 9.84. The molecule has 2 N–H and O–H groups in total. The summed E-state index contributed by atoms with van der Waals surface area (Å²) in [6.07, 6.45) is 4.68. The van der Waals surface area contributed by atoms with Crippen LogP contribution in [0.15, 0.2) is 18.2 Å². The standard InChI is InChI=1S/C21H31F2N3O.2ClH/c1-15(16-7-9-24-10-8-16)12-21(27)25-17-4-3-11-26(13-17)14-18-19(22)5-2-6-20(18)23;;/h2,5-6,15-17,24H,3-4,7-14H2,1H3,(H,25,27);2*1H. The molecule has 166 valence electrons. The molecule has 2 aliphatic heterocycles. The Bertz CT molecular complexity index is 624. The Morgan fingerprint density at radius 2 is 1.86 bits per heavy atom. The van der Waals surface area contributed by atoms with E-state index in [9.17, 15) is 13.6 Å². The minimum absolute atomic E-state index is 0. The summed E-state index contributed by atoms with van der Waals surface area (Å²) in [5, 5.41) is 6.51. The number of halogens is 4. The molecule has 2 atom stereocenters. The van der Waals surface area contributed by atoms with E-state index in [0.29, 0.717) is 24.8 Å². The lowest BCUT2D eigenvalue weighted by Gasteiger charge is -2.34. The van der Waals surface area contributed by atoms with Gasteiger partial charge in [-0.3, -0.25) is 9.69 Å². The van der Waals surface area contributed by atoms with Crippen LogP contribution in [0.4, 0.5) is 8.78 Å². The van der Waals surface area contributed by atoms with E-state index < -0.39 is 11.6 Å². The molecule has 8 heteroatoms. The van der Waals surface area contributed by atoms with Gasteiger partial charge >= 0.3 is 0 Å². The molecule has 2 saturated heterocycles. The molecule has 1 aromatic carbocycles. The molecule has 0 radical (unpaired) electrons. The van der Waals surface area contributed by atoms with E-state index in [-0.39, 0.29) is 48.9 Å². The maximum atomic E-state index is 13.9. The molecule has 1 amide bonds. The minimum atomic E-state index is -0.503. The number of piperidine rings is 2. The van der Waals surface area contributed by atoms with Crippen molar-refractivity contribution in [3.8, 4) is 0 Å². The van der Waals surface area contributed by atoms with Crippen molar-refractivity contribution >= 4 is 30.7 Å². The van der Waals surface area contributed by atoms with Crippen molar-refractivity contribution in [2.75, 3.05) is 26.2 Å². The van der Waals surface area contributed by atoms with E-state index in [1.807, 2.05) is 4.90 Å². The topological polar surface area (TPSA) is 44.4 Å². The number of rotatable bonds is 6. The van der Waals surface area contributed by atoms with Gasteiger partial charge in [0.25, 0.3) is 0 Å². The Kier molecular flexibility index (Phi) is 11.4. The molecule has 0 spiro atoms. The predicted octanol–water partition coefficient (Wildman–Crippen LogP) is 3.91. The van der Waals surface area contributed by atoms with Crippen molar-refractivity contribution in [3.05, 3.63) is 35.4 Å². The molecule has 0 aliphatic carbocycles. The van der Waals surface area contributed by atoms with Gasteiger partial charge in [0.2, 0.25) is 5.91 Å². The SMILES string of the molecule is CC(CC(=O)NC1CCCN(Cc2c(F)cccc2F)C1)C1CCNCC1.Cl.Cl. The first-order chi connectivity index (χ1) is 13.0. The highest BCUT2D eigenvalue weighted by atomic mass is 35.5. The average Bonchev–Trinajstić information content (AvgIpc) is 2.66. The molecule has 2 heterocycles. The molecule has 0 bridgehead atoms. The Hall–Kier alpha value is -0.950. The number of nitrogens with one attached hydrogen (secondary N) is 2. The molecule has 0 saturated carbocycles. The Labute approximate surface area is 185 Å². The number of hydrogen-bond acceptors (Lipinski definition) is 3. The van der Waals surface area contributed by atoms with Crippen molar-refractivity contribution in [2.24, 2.45) is 11.8 Å². The monoisotopic (exact) mass is 451 g/mol. The summed E-state index contributed by atoms with van der Waals surface area (Å²) < 4.78 is 27.8. The van der Waals surface area contributed by atoms with Crippen LogP contribution in [0.5, 0.6) is 0 Å². The molecule has 2 aliphatic rings. The number of carbonyl (C=O) groups is 1. The number of amides is 1. The third-order valence-electron chi connectivity index (χ3n) is 6.01. The summed E-state index contributed by atoms with van der Waals surface area (Å²) in [6.45, 7) is 5.94. The van der Waals surface area contributed by atoms with Gasteiger partial charge in [0.1, 0.15) is 11.6 Å². The van der Waals surface area contributed by atoms with Gasteiger partial charge < -0.3 is 10.6 Å². The molecule has 0 aromatic heterocycles. The maximum absolute atomic E-state index is 13.9. The highest BCUT2D eigenvalue weighted by molar-refractivity contribution is 5.85. The largest absolute Gasteiger partial charge is 0.352 e. The van der Waals surface area contributed by atoms with Gasteiger partial charge in [0.15, 0.2) is 0 Å². The fraction of sp³-hybridized carbons (Fsp3) is 0.667. The van der Waals surface area contributed by atoms with Crippen LogP contribution < -0.4 is 10.6 Å². The van der Waals surface area contributed by atoms with Crippen LogP contribution in [0, 0.1) is 23.5 Å². The van der Waals surface area contributed by atoms with E-state index in [2.05, 4.69) is 17.6 Å². The number of benzene rings is 1. The second-order valence-electron chi connectivity index (χ2n) is 8.11. The van der Waals surface area contributed by atoms with E-state index in [0.717, 1.165) is 45.3 Å². The summed E-state index contributed by atoms with van der Waals surface area (Å²) in [5.74, 6) is 0.0991. The summed E-state index contributed by atoms with van der Waals surface area (Å²) in [5.41, 5.74) is 0.115. The second-order valence-corrected chi connectivity index (χ2v) is 8.11.